The maximum Gasteiger partial charge on any atom is 0.264 e. The number of carbonyl (C=O) groups is 2. The summed E-state index contributed by atoms with van der Waals surface area (Å²) < 4.78 is 16.4. The molecule has 2 aromatic carbocycles. The fraction of sp³-hybridized carbons (Fsp3) is 0.214. The first-order valence-corrected chi connectivity index (χ1v) is 13.5. The fourth-order valence-corrected chi connectivity index (χ4v) is 5.06. The molecule has 37 heavy (non-hydrogen) atoms. The highest BCUT2D eigenvalue weighted by Gasteiger charge is 2.18. The van der Waals surface area contributed by atoms with E-state index in [0.717, 1.165) is 18.5 Å². The lowest BCUT2D eigenvalue weighted by molar-refractivity contribution is -0.114. The molecule has 2 amide bonds. The van der Waals surface area contributed by atoms with E-state index < -0.39 is 21.5 Å². The molecule has 0 saturated heterocycles. The first kappa shape index (κ1) is 27.5. The van der Waals surface area contributed by atoms with E-state index in [9.17, 15) is 18.9 Å². The van der Waals surface area contributed by atoms with E-state index in [1.165, 1.54) is 24.5 Å². The van der Waals surface area contributed by atoms with E-state index in [2.05, 4.69) is 31.8 Å². The predicted octanol–water partition coefficient (Wildman–Crippen LogP) is 2.44. The van der Waals surface area contributed by atoms with Gasteiger partial charge in [-0.25, -0.2) is 4.21 Å². The molecule has 0 saturated carbocycles. The predicted molar refractivity (Wildman–Crippen MR) is 146 cm³/mol. The Morgan fingerprint density at radius 2 is 1.73 bits per heavy atom. The van der Waals surface area contributed by atoms with Crippen molar-refractivity contribution >= 4 is 26.9 Å². The number of phenols is 1. The molecule has 0 aliphatic rings. The average Bonchev–Trinajstić information content (AvgIpc) is 2.90. The van der Waals surface area contributed by atoms with Crippen molar-refractivity contribution in [2.75, 3.05) is 26.2 Å². The minimum Gasteiger partial charge on any atom is -0.508 e. The van der Waals surface area contributed by atoms with Crippen LogP contribution in [0.5, 0.6) is 5.75 Å². The molecule has 0 radical (unpaired) electrons. The number of pyridine rings is 1. The van der Waals surface area contributed by atoms with Crippen LogP contribution in [0, 0.1) is 11.8 Å². The third-order valence-corrected chi connectivity index (χ3v) is 7.44. The zero-order chi connectivity index (χ0) is 26.7. The van der Waals surface area contributed by atoms with Gasteiger partial charge < -0.3 is 15.3 Å². The Kier molecular flexibility index (Phi) is 9.84. The van der Waals surface area contributed by atoms with E-state index in [0.29, 0.717) is 29.1 Å². The van der Waals surface area contributed by atoms with Crippen molar-refractivity contribution in [1.29, 1.82) is 0 Å². The second-order valence-electron chi connectivity index (χ2n) is 8.04. The lowest BCUT2D eigenvalue weighted by Crippen LogP contribution is -2.39. The highest BCUT2D eigenvalue weighted by atomic mass is 32.2. The van der Waals surface area contributed by atoms with Gasteiger partial charge in [-0.3, -0.25) is 19.3 Å². The number of amides is 2. The third-order valence-electron chi connectivity index (χ3n) is 5.43. The van der Waals surface area contributed by atoms with Gasteiger partial charge in [0, 0.05) is 36.6 Å². The SMILES string of the molecule is CCN(CC)CCNC(=O)C=S(=O)(NC(=O)c1cncc(C#Cc2cccc(O)c2)c1)c1ccccc1. The molecule has 0 spiro atoms. The van der Waals surface area contributed by atoms with E-state index >= 15 is 0 Å². The van der Waals surface area contributed by atoms with Gasteiger partial charge in [-0.15, -0.1) is 0 Å². The quantitative estimate of drug-likeness (QED) is 0.296. The maximum absolute atomic E-state index is 13.9. The molecule has 0 aliphatic heterocycles. The monoisotopic (exact) mass is 518 g/mol. The Balaban J connectivity index is 1.82. The van der Waals surface area contributed by atoms with Gasteiger partial charge in [0.1, 0.15) is 5.75 Å². The van der Waals surface area contributed by atoms with Crippen LogP contribution < -0.4 is 10.0 Å². The highest BCUT2D eigenvalue weighted by Crippen LogP contribution is 2.12. The number of carbonyl (C=O) groups excluding carboxylic acids is 2. The number of phenolic OH excluding ortho intramolecular Hbond substituents is 1. The molecule has 3 aromatic rings. The van der Waals surface area contributed by atoms with Gasteiger partial charge in [-0.05, 0) is 49.5 Å². The Morgan fingerprint density at radius 3 is 2.43 bits per heavy atom. The van der Waals surface area contributed by atoms with Gasteiger partial charge in [-0.2, -0.15) is 0 Å². The lowest BCUT2D eigenvalue weighted by atomic mass is 10.1. The Labute approximate surface area is 217 Å². The zero-order valence-corrected chi connectivity index (χ0v) is 21.6. The molecule has 8 nitrogen and oxygen atoms in total. The van der Waals surface area contributed by atoms with Crippen LogP contribution in [-0.4, -0.2) is 62.6 Å². The summed E-state index contributed by atoms with van der Waals surface area (Å²) in [5.41, 5.74) is 1.20. The Hall–Kier alpha value is -4.13. The molecule has 192 valence electrons. The number of aromatic hydroxyl groups is 1. The van der Waals surface area contributed by atoms with E-state index in [4.69, 9.17) is 0 Å². The summed E-state index contributed by atoms with van der Waals surface area (Å²) in [5, 5.41) is 13.4. The largest absolute Gasteiger partial charge is 0.508 e. The summed E-state index contributed by atoms with van der Waals surface area (Å²) in [6.45, 7) is 6.84. The number of nitrogens with zero attached hydrogens (tertiary/aromatic N) is 2. The number of likely N-dealkylation sites (N-methyl/N-ethyl adjacent to an activating group) is 1. The van der Waals surface area contributed by atoms with Crippen LogP contribution in [0.4, 0.5) is 0 Å². The van der Waals surface area contributed by atoms with Crippen LogP contribution in [0.3, 0.4) is 0 Å². The van der Waals surface area contributed by atoms with Crippen molar-refractivity contribution < 1.29 is 18.9 Å². The highest BCUT2D eigenvalue weighted by molar-refractivity contribution is 8.01. The molecule has 3 rings (SSSR count). The first-order chi connectivity index (χ1) is 17.8. The van der Waals surface area contributed by atoms with Crippen LogP contribution in [0.1, 0.15) is 35.3 Å². The van der Waals surface area contributed by atoms with Crippen LogP contribution in [-0.2, 0) is 14.5 Å². The number of hydrogen-bond donors (Lipinski definition) is 3. The number of benzene rings is 2. The average molecular weight is 519 g/mol. The van der Waals surface area contributed by atoms with E-state index in [1.54, 1.807) is 48.5 Å². The molecule has 9 heteroatoms. The minimum atomic E-state index is -3.39. The number of rotatable bonds is 9. The molecule has 1 unspecified atom stereocenters. The Bertz CT molecular complexity index is 1420. The molecule has 3 N–H and O–H groups in total. The standard InChI is InChI=1S/C28H30N4O4S/c1-3-32(4-2)16-15-30-27(34)21-37(36,26-11-6-5-7-12-26)31-28(35)24-17-23(19-29-20-24)14-13-22-9-8-10-25(33)18-22/h5-12,17-21,33H,3-4,15-16H2,1-2H3,(H,30,34)(H,31,35,36). The molecule has 0 aliphatic carbocycles. The summed E-state index contributed by atoms with van der Waals surface area (Å²) in [7, 11) is -3.39. The van der Waals surface area contributed by atoms with Crippen LogP contribution >= 0.6 is 0 Å². The number of hydrogen-bond acceptors (Lipinski definition) is 6. The van der Waals surface area contributed by atoms with Crippen molar-refractivity contribution in [2.24, 2.45) is 0 Å². The van der Waals surface area contributed by atoms with Gasteiger partial charge in [0.25, 0.3) is 11.8 Å². The van der Waals surface area contributed by atoms with Gasteiger partial charge in [0.2, 0.25) is 0 Å². The Morgan fingerprint density at radius 1 is 1.00 bits per heavy atom. The van der Waals surface area contributed by atoms with Crippen LogP contribution in [0.15, 0.2) is 78.0 Å². The summed E-state index contributed by atoms with van der Waals surface area (Å²) in [5.74, 6) is 4.71. The van der Waals surface area contributed by atoms with Crippen molar-refractivity contribution in [3.05, 3.63) is 89.7 Å². The molecule has 0 fully saturated rings. The summed E-state index contributed by atoms with van der Waals surface area (Å²) >= 11 is 0. The van der Waals surface area contributed by atoms with Crippen molar-refractivity contribution in [3.63, 3.8) is 0 Å². The van der Waals surface area contributed by atoms with Crippen molar-refractivity contribution in [2.45, 2.75) is 18.7 Å². The van der Waals surface area contributed by atoms with Gasteiger partial charge in [0.15, 0.2) is 0 Å². The lowest BCUT2D eigenvalue weighted by Gasteiger charge is -2.18. The van der Waals surface area contributed by atoms with Crippen LogP contribution in [0.25, 0.3) is 0 Å². The second-order valence-corrected chi connectivity index (χ2v) is 10.2. The molecule has 1 atom stereocenters. The zero-order valence-electron chi connectivity index (χ0n) is 20.8. The minimum absolute atomic E-state index is 0.0991. The van der Waals surface area contributed by atoms with Gasteiger partial charge in [-0.1, -0.05) is 50.0 Å². The maximum atomic E-state index is 13.9. The van der Waals surface area contributed by atoms with Crippen molar-refractivity contribution in [3.8, 4) is 17.6 Å². The second kappa shape index (κ2) is 13.3. The number of aromatic nitrogens is 1. The van der Waals surface area contributed by atoms with Crippen LogP contribution in [0.2, 0.25) is 0 Å². The fourth-order valence-electron chi connectivity index (χ4n) is 3.41. The molecule has 1 heterocycles. The molecular formula is C28H30N4O4S. The smallest absolute Gasteiger partial charge is 0.264 e. The normalized spacial score (nSPS) is 12.1. The summed E-state index contributed by atoms with van der Waals surface area (Å²) in [6.07, 6.45) is 2.83. The van der Waals surface area contributed by atoms with Gasteiger partial charge >= 0.3 is 0 Å². The number of nitrogens with one attached hydrogen (secondary N) is 2. The van der Waals surface area contributed by atoms with Gasteiger partial charge in [0.05, 0.1) is 25.5 Å². The molecule has 1 aromatic heterocycles. The first-order valence-electron chi connectivity index (χ1n) is 11.9. The van der Waals surface area contributed by atoms with Crippen molar-refractivity contribution in [1.82, 2.24) is 19.9 Å². The topological polar surface area (TPSA) is 112 Å². The molecular weight excluding hydrogens is 488 g/mol. The van der Waals surface area contributed by atoms with E-state index in [1.807, 2.05) is 13.8 Å². The third kappa shape index (κ3) is 8.20. The molecule has 0 bridgehead atoms. The van der Waals surface area contributed by atoms with E-state index in [-0.39, 0.29) is 11.3 Å². The summed E-state index contributed by atoms with van der Waals surface area (Å²) in [4.78, 5) is 32.3. The summed E-state index contributed by atoms with van der Waals surface area (Å²) in [6, 6.07) is 16.3.